The summed E-state index contributed by atoms with van der Waals surface area (Å²) in [5.74, 6) is 0.352. The van der Waals surface area contributed by atoms with Gasteiger partial charge in [-0.15, -0.1) is 0 Å². The minimum atomic E-state index is -0.383. The summed E-state index contributed by atoms with van der Waals surface area (Å²) in [6.07, 6.45) is 0. The van der Waals surface area contributed by atoms with Crippen molar-refractivity contribution in [2.75, 3.05) is 0 Å². The second-order valence-corrected chi connectivity index (χ2v) is 4.69. The Hall–Kier alpha value is -1.14. The second kappa shape index (κ2) is 5.46. The highest BCUT2D eigenvalue weighted by Crippen LogP contribution is 2.29. The molecule has 0 amide bonds. The monoisotopic (exact) mass is 359 g/mol. The first-order valence-corrected chi connectivity index (χ1v) is 6.29. The molecule has 88 valence electrons. The van der Waals surface area contributed by atoms with Crippen LogP contribution in [0.5, 0.6) is 5.88 Å². The zero-order valence-corrected chi connectivity index (χ0v) is 11.7. The number of aromatic nitrogens is 1. The number of benzene rings is 1. The quantitative estimate of drug-likeness (QED) is 0.782. The molecule has 2 aromatic rings. The number of carbonyl (C=O) groups is 1. The lowest BCUT2D eigenvalue weighted by molar-refractivity contribution is 0.106. The molecule has 0 N–H and O–H groups in total. The number of nitrogens with zero attached hydrogens (tertiary/aromatic N) is 1. The maximum Gasteiger partial charge on any atom is 0.269 e. The highest BCUT2D eigenvalue weighted by molar-refractivity contribution is 9.18. The van der Waals surface area contributed by atoms with Gasteiger partial charge in [-0.25, -0.2) is 0 Å². The third-order valence-electron chi connectivity index (χ3n) is 2.00. The van der Waals surface area contributed by atoms with E-state index in [9.17, 15) is 4.79 Å². The molecule has 6 heteroatoms. The van der Waals surface area contributed by atoms with Crippen molar-refractivity contribution in [2.45, 2.75) is 6.61 Å². The van der Waals surface area contributed by atoms with E-state index in [-0.39, 0.29) is 16.3 Å². The van der Waals surface area contributed by atoms with Gasteiger partial charge < -0.3 is 9.26 Å². The van der Waals surface area contributed by atoms with Crippen molar-refractivity contribution in [1.82, 2.24) is 5.16 Å². The minimum absolute atomic E-state index is 0.0908. The standard InChI is InChI=1S/C11H7Br2NO3/c12-8-9(10(13)15)17-14-11(8)16-6-7-4-2-1-3-5-7/h1-5H,6H2. The molecule has 0 radical (unpaired) electrons. The Morgan fingerprint density at radius 3 is 2.65 bits per heavy atom. The molecule has 0 atom stereocenters. The van der Waals surface area contributed by atoms with Crippen LogP contribution in [-0.4, -0.2) is 9.85 Å². The van der Waals surface area contributed by atoms with Crippen molar-refractivity contribution in [3.8, 4) is 5.88 Å². The summed E-state index contributed by atoms with van der Waals surface area (Å²) >= 11 is 5.98. The van der Waals surface area contributed by atoms with Gasteiger partial charge in [-0.05, 0) is 26.7 Å². The number of carbonyl (C=O) groups excluding carboxylic acids is 1. The topological polar surface area (TPSA) is 52.3 Å². The van der Waals surface area contributed by atoms with E-state index in [1.54, 1.807) is 0 Å². The fourth-order valence-corrected chi connectivity index (χ4v) is 2.18. The SMILES string of the molecule is O=C(Br)c1onc(OCc2ccccc2)c1Br. The molecule has 4 nitrogen and oxygen atoms in total. The van der Waals surface area contributed by atoms with Crippen LogP contribution in [0, 0.1) is 0 Å². The fraction of sp³-hybridized carbons (Fsp3) is 0.0909. The van der Waals surface area contributed by atoms with Gasteiger partial charge in [0.05, 0.1) is 0 Å². The molecule has 0 spiro atoms. The molecule has 2 rings (SSSR count). The van der Waals surface area contributed by atoms with E-state index in [4.69, 9.17) is 9.26 Å². The van der Waals surface area contributed by atoms with Crippen LogP contribution in [0.1, 0.15) is 16.1 Å². The number of hydrogen-bond acceptors (Lipinski definition) is 4. The normalized spacial score (nSPS) is 10.2. The Kier molecular flexibility index (Phi) is 3.96. The van der Waals surface area contributed by atoms with Crippen LogP contribution in [0.25, 0.3) is 0 Å². The van der Waals surface area contributed by atoms with Crippen molar-refractivity contribution >= 4 is 36.6 Å². The van der Waals surface area contributed by atoms with E-state index in [0.29, 0.717) is 11.1 Å². The molecule has 0 bridgehead atoms. The summed E-state index contributed by atoms with van der Waals surface area (Å²) in [7, 11) is 0. The van der Waals surface area contributed by atoms with Crippen molar-refractivity contribution in [2.24, 2.45) is 0 Å². The first kappa shape index (κ1) is 12.3. The predicted molar refractivity (Wildman–Crippen MR) is 68.2 cm³/mol. The lowest BCUT2D eigenvalue weighted by Crippen LogP contribution is -1.95. The molecule has 0 aliphatic rings. The highest BCUT2D eigenvalue weighted by Gasteiger charge is 2.19. The van der Waals surface area contributed by atoms with Crippen molar-refractivity contribution in [3.05, 3.63) is 46.1 Å². The number of halogens is 2. The van der Waals surface area contributed by atoms with E-state index < -0.39 is 0 Å². The van der Waals surface area contributed by atoms with Gasteiger partial charge in [0.15, 0.2) is 0 Å². The Morgan fingerprint density at radius 2 is 2.06 bits per heavy atom. The van der Waals surface area contributed by atoms with E-state index in [2.05, 4.69) is 37.0 Å². The lowest BCUT2D eigenvalue weighted by atomic mass is 10.2. The second-order valence-electron chi connectivity index (χ2n) is 3.18. The minimum Gasteiger partial charge on any atom is -0.470 e. The maximum atomic E-state index is 11.1. The molecular weight excluding hydrogens is 354 g/mol. The molecule has 0 saturated heterocycles. The number of rotatable bonds is 4. The van der Waals surface area contributed by atoms with E-state index in [0.717, 1.165) is 5.56 Å². The number of ether oxygens (including phenoxy) is 1. The maximum absolute atomic E-state index is 11.1. The van der Waals surface area contributed by atoms with Crippen molar-refractivity contribution in [3.63, 3.8) is 0 Å². The summed E-state index contributed by atoms with van der Waals surface area (Å²) in [6, 6.07) is 9.64. The smallest absolute Gasteiger partial charge is 0.269 e. The molecule has 1 aromatic carbocycles. The first-order chi connectivity index (χ1) is 8.18. The number of hydrogen-bond donors (Lipinski definition) is 0. The average molecular weight is 361 g/mol. The largest absolute Gasteiger partial charge is 0.470 e. The lowest BCUT2D eigenvalue weighted by Gasteiger charge is -2.02. The van der Waals surface area contributed by atoms with Gasteiger partial charge in [-0.2, -0.15) is 0 Å². The summed E-state index contributed by atoms with van der Waals surface area (Å²) in [6.45, 7) is 0.363. The molecule has 1 heterocycles. The van der Waals surface area contributed by atoms with Gasteiger partial charge in [0.1, 0.15) is 11.1 Å². The molecular formula is C11H7Br2NO3. The van der Waals surface area contributed by atoms with E-state index in [1.807, 2.05) is 30.3 Å². The van der Waals surface area contributed by atoms with Crippen LogP contribution in [0.2, 0.25) is 0 Å². The molecule has 0 aliphatic carbocycles. The fourth-order valence-electron chi connectivity index (χ4n) is 1.20. The molecule has 1 aromatic heterocycles. The third-order valence-corrected chi connectivity index (χ3v) is 3.06. The van der Waals surface area contributed by atoms with Crippen LogP contribution >= 0.6 is 31.9 Å². The molecule has 0 unspecified atom stereocenters. The summed E-state index contributed by atoms with van der Waals surface area (Å²) < 4.78 is 10.3. The zero-order valence-electron chi connectivity index (χ0n) is 8.52. The Balaban J connectivity index is 2.07. The molecule has 0 fully saturated rings. The van der Waals surface area contributed by atoms with Crippen molar-refractivity contribution in [1.29, 1.82) is 0 Å². The molecule has 0 aliphatic heterocycles. The van der Waals surface area contributed by atoms with Crippen LogP contribution in [0.4, 0.5) is 0 Å². The zero-order chi connectivity index (χ0) is 12.3. The van der Waals surface area contributed by atoms with Gasteiger partial charge >= 0.3 is 0 Å². The van der Waals surface area contributed by atoms with Gasteiger partial charge in [-0.3, -0.25) is 4.79 Å². The van der Waals surface area contributed by atoms with Crippen LogP contribution in [0.3, 0.4) is 0 Å². The average Bonchev–Trinajstić information content (AvgIpc) is 2.69. The van der Waals surface area contributed by atoms with Crippen LogP contribution in [-0.2, 0) is 6.61 Å². The summed E-state index contributed by atoms with van der Waals surface area (Å²) in [5.41, 5.74) is 1.01. The van der Waals surface area contributed by atoms with Crippen LogP contribution in [0.15, 0.2) is 39.3 Å². The molecule has 0 saturated carbocycles. The van der Waals surface area contributed by atoms with Gasteiger partial charge in [0.25, 0.3) is 10.6 Å². The highest BCUT2D eigenvalue weighted by atomic mass is 79.9. The van der Waals surface area contributed by atoms with E-state index >= 15 is 0 Å². The Labute approximate surface area is 114 Å². The van der Waals surface area contributed by atoms with Gasteiger partial charge in [-0.1, -0.05) is 30.3 Å². The predicted octanol–water partition coefficient (Wildman–Crippen LogP) is 3.55. The van der Waals surface area contributed by atoms with Gasteiger partial charge in [0.2, 0.25) is 5.76 Å². The third kappa shape index (κ3) is 2.95. The summed E-state index contributed by atoms with van der Waals surface area (Å²) in [5, 5.41) is 3.66. The van der Waals surface area contributed by atoms with Gasteiger partial charge in [0, 0.05) is 15.9 Å². The Morgan fingerprint density at radius 1 is 1.35 bits per heavy atom. The molecule has 17 heavy (non-hydrogen) atoms. The van der Waals surface area contributed by atoms with E-state index in [1.165, 1.54) is 0 Å². The Bertz CT molecular complexity index is 525. The summed E-state index contributed by atoms with van der Waals surface area (Å²) in [4.78, 5) is 11.1. The first-order valence-electron chi connectivity index (χ1n) is 4.70. The van der Waals surface area contributed by atoms with Crippen molar-refractivity contribution < 1.29 is 14.1 Å². The van der Waals surface area contributed by atoms with Crippen LogP contribution < -0.4 is 4.74 Å².